The summed E-state index contributed by atoms with van der Waals surface area (Å²) >= 11 is 0. The average molecular weight is 367 g/mol. The zero-order valence-corrected chi connectivity index (χ0v) is 15.0. The van der Waals surface area contributed by atoms with Crippen LogP contribution in [-0.2, 0) is 17.9 Å². The standard InChI is InChI=1S/C21H22FN3O2/c22-15-6-7-20-19(10-15)21(26)11-17(24-20)12-25-9-3-5-18(13-25)27-14-16-4-1-2-8-23-16/h1-2,4,6-8,10-11,18H,3,5,9,12-14H2,(H,24,26)/t18-/m0/s1. The van der Waals surface area contributed by atoms with Crippen molar-refractivity contribution in [2.24, 2.45) is 0 Å². The number of benzene rings is 1. The van der Waals surface area contributed by atoms with Gasteiger partial charge in [-0.25, -0.2) is 4.39 Å². The number of H-pyrrole nitrogens is 1. The number of nitrogens with zero attached hydrogens (tertiary/aromatic N) is 2. The summed E-state index contributed by atoms with van der Waals surface area (Å²) in [5, 5.41) is 0.383. The maximum Gasteiger partial charge on any atom is 0.189 e. The van der Waals surface area contributed by atoms with Gasteiger partial charge in [-0.3, -0.25) is 14.7 Å². The van der Waals surface area contributed by atoms with Crippen molar-refractivity contribution in [3.8, 4) is 0 Å². The van der Waals surface area contributed by atoms with Gasteiger partial charge in [-0.05, 0) is 49.7 Å². The van der Waals surface area contributed by atoms with Crippen molar-refractivity contribution in [3.63, 3.8) is 0 Å². The number of aromatic nitrogens is 2. The molecule has 27 heavy (non-hydrogen) atoms. The van der Waals surface area contributed by atoms with Gasteiger partial charge in [-0.2, -0.15) is 0 Å². The van der Waals surface area contributed by atoms with Gasteiger partial charge in [-0.15, -0.1) is 0 Å². The van der Waals surface area contributed by atoms with Crippen LogP contribution in [0.4, 0.5) is 4.39 Å². The molecule has 4 rings (SSSR count). The second kappa shape index (κ2) is 7.98. The molecule has 3 aromatic rings. The normalized spacial score (nSPS) is 18.0. The molecule has 2 aromatic heterocycles. The van der Waals surface area contributed by atoms with E-state index in [0.717, 1.165) is 37.3 Å². The largest absolute Gasteiger partial charge is 0.371 e. The molecule has 5 nitrogen and oxygen atoms in total. The summed E-state index contributed by atoms with van der Waals surface area (Å²) in [4.78, 5) is 22.1. The Labute approximate surface area is 156 Å². The first-order chi connectivity index (χ1) is 13.2. The lowest BCUT2D eigenvalue weighted by Gasteiger charge is -2.32. The zero-order valence-electron chi connectivity index (χ0n) is 15.0. The van der Waals surface area contributed by atoms with Crippen LogP contribution in [-0.4, -0.2) is 34.1 Å². The molecule has 0 amide bonds. The van der Waals surface area contributed by atoms with E-state index in [0.29, 0.717) is 24.1 Å². The van der Waals surface area contributed by atoms with Crippen LogP contribution >= 0.6 is 0 Å². The van der Waals surface area contributed by atoms with Crippen LogP contribution in [0.1, 0.15) is 24.2 Å². The van der Waals surface area contributed by atoms with Gasteiger partial charge in [0.1, 0.15) is 5.82 Å². The minimum absolute atomic E-state index is 0.154. The van der Waals surface area contributed by atoms with E-state index in [1.807, 2.05) is 18.2 Å². The van der Waals surface area contributed by atoms with E-state index in [1.165, 1.54) is 12.1 Å². The first-order valence-corrected chi connectivity index (χ1v) is 9.23. The van der Waals surface area contributed by atoms with Crippen molar-refractivity contribution in [1.82, 2.24) is 14.9 Å². The summed E-state index contributed by atoms with van der Waals surface area (Å²) in [6.45, 7) is 2.94. The molecule has 1 aliphatic rings. The number of fused-ring (bicyclic) bond motifs is 1. The fourth-order valence-corrected chi connectivity index (χ4v) is 3.58. The van der Waals surface area contributed by atoms with Crippen LogP contribution < -0.4 is 5.43 Å². The molecule has 3 heterocycles. The highest BCUT2D eigenvalue weighted by Gasteiger charge is 2.21. The number of piperidine rings is 1. The van der Waals surface area contributed by atoms with Crippen LogP contribution in [0.15, 0.2) is 53.5 Å². The topological polar surface area (TPSA) is 58.2 Å². The quantitative estimate of drug-likeness (QED) is 0.752. The third-order valence-corrected chi connectivity index (χ3v) is 4.90. The molecule has 1 N–H and O–H groups in total. The molecule has 0 aliphatic carbocycles. The Bertz CT molecular complexity index is 974. The molecular weight excluding hydrogens is 345 g/mol. The molecule has 0 radical (unpaired) electrons. The van der Waals surface area contributed by atoms with E-state index in [1.54, 1.807) is 18.3 Å². The van der Waals surface area contributed by atoms with Crippen molar-refractivity contribution in [1.29, 1.82) is 0 Å². The Morgan fingerprint density at radius 2 is 2.19 bits per heavy atom. The second-order valence-electron chi connectivity index (χ2n) is 6.98. The molecule has 1 aromatic carbocycles. The van der Waals surface area contributed by atoms with Crippen LogP contribution in [0.5, 0.6) is 0 Å². The molecule has 1 atom stereocenters. The predicted molar refractivity (Wildman–Crippen MR) is 102 cm³/mol. The Kier molecular flexibility index (Phi) is 5.27. The van der Waals surface area contributed by atoms with Crippen LogP contribution in [0.25, 0.3) is 10.9 Å². The SMILES string of the molecule is O=c1cc(CN2CCC[C@H](OCc3ccccn3)C2)[nH]c2ccc(F)cc12. The smallest absolute Gasteiger partial charge is 0.189 e. The fourth-order valence-electron chi connectivity index (χ4n) is 3.58. The minimum atomic E-state index is -0.398. The molecule has 1 saturated heterocycles. The Hall–Kier alpha value is -2.57. The molecule has 140 valence electrons. The molecule has 6 heteroatoms. The van der Waals surface area contributed by atoms with E-state index >= 15 is 0 Å². The number of ether oxygens (including phenoxy) is 1. The predicted octanol–water partition coefficient (Wildman–Crippen LogP) is 3.24. The number of nitrogens with one attached hydrogen (secondary N) is 1. The number of halogens is 1. The minimum Gasteiger partial charge on any atom is -0.371 e. The third kappa shape index (κ3) is 4.40. The Morgan fingerprint density at radius 1 is 1.26 bits per heavy atom. The van der Waals surface area contributed by atoms with Crippen molar-refractivity contribution in [2.45, 2.75) is 32.1 Å². The average Bonchev–Trinajstić information content (AvgIpc) is 2.68. The maximum absolute atomic E-state index is 13.3. The monoisotopic (exact) mass is 367 g/mol. The van der Waals surface area contributed by atoms with Gasteiger partial charge in [0.25, 0.3) is 0 Å². The van der Waals surface area contributed by atoms with Gasteiger partial charge in [-0.1, -0.05) is 6.07 Å². The van der Waals surface area contributed by atoms with E-state index in [-0.39, 0.29) is 11.5 Å². The second-order valence-corrected chi connectivity index (χ2v) is 6.98. The van der Waals surface area contributed by atoms with Crippen molar-refractivity contribution >= 4 is 10.9 Å². The molecule has 1 fully saturated rings. The molecule has 0 unspecified atom stereocenters. The van der Waals surface area contributed by atoms with Gasteiger partial charge in [0.15, 0.2) is 5.43 Å². The van der Waals surface area contributed by atoms with Gasteiger partial charge in [0, 0.05) is 41.9 Å². The summed E-state index contributed by atoms with van der Waals surface area (Å²) in [6, 6.07) is 11.6. The summed E-state index contributed by atoms with van der Waals surface area (Å²) in [5.41, 5.74) is 2.28. The van der Waals surface area contributed by atoms with Gasteiger partial charge in [0.2, 0.25) is 0 Å². The lowest BCUT2D eigenvalue weighted by atomic mass is 10.1. The lowest BCUT2D eigenvalue weighted by molar-refractivity contribution is -0.0135. The van der Waals surface area contributed by atoms with Crippen molar-refractivity contribution < 1.29 is 9.13 Å². The fraction of sp³-hybridized carbons (Fsp3) is 0.333. The molecular formula is C21H22FN3O2. The number of hydrogen-bond donors (Lipinski definition) is 1. The third-order valence-electron chi connectivity index (χ3n) is 4.90. The van der Waals surface area contributed by atoms with Gasteiger partial charge in [0.05, 0.1) is 18.4 Å². The van der Waals surface area contributed by atoms with E-state index < -0.39 is 5.82 Å². The summed E-state index contributed by atoms with van der Waals surface area (Å²) in [6.07, 6.45) is 4.00. The first-order valence-electron chi connectivity index (χ1n) is 9.23. The van der Waals surface area contributed by atoms with Crippen molar-refractivity contribution in [2.75, 3.05) is 13.1 Å². The highest BCUT2D eigenvalue weighted by molar-refractivity contribution is 5.78. The number of likely N-dealkylation sites (tertiary alicyclic amines) is 1. The summed E-state index contributed by atoms with van der Waals surface area (Å²) in [5.74, 6) is -0.398. The highest BCUT2D eigenvalue weighted by Crippen LogP contribution is 2.17. The summed E-state index contributed by atoms with van der Waals surface area (Å²) in [7, 11) is 0. The number of hydrogen-bond acceptors (Lipinski definition) is 4. The van der Waals surface area contributed by atoms with E-state index in [4.69, 9.17) is 4.74 Å². The van der Waals surface area contributed by atoms with Crippen molar-refractivity contribution in [3.05, 3.63) is 76.1 Å². The first kappa shape index (κ1) is 17.8. The Morgan fingerprint density at radius 3 is 3.04 bits per heavy atom. The molecule has 0 saturated carbocycles. The van der Waals surface area contributed by atoms with Gasteiger partial charge < -0.3 is 9.72 Å². The number of pyridine rings is 2. The van der Waals surface area contributed by atoms with E-state index in [2.05, 4.69) is 14.9 Å². The number of aromatic amines is 1. The lowest BCUT2D eigenvalue weighted by Crippen LogP contribution is -2.39. The molecule has 0 bridgehead atoms. The Balaban J connectivity index is 1.41. The molecule has 1 aliphatic heterocycles. The zero-order chi connectivity index (χ0) is 18.6. The van der Waals surface area contributed by atoms with Gasteiger partial charge >= 0.3 is 0 Å². The maximum atomic E-state index is 13.3. The highest BCUT2D eigenvalue weighted by atomic mass is 19.1. The summed E-state index contributed by atoms with van der Waals surface area (Å²) < 4.78 is 19.4. The number of rotatable bonds is 5. The molecule has 0 spiro atoms. The van der Waals surface area contributed by atoms with Crippen LogP contribution in [0, 0.1) is 5.82 Å². The van der Waals surface area contributed by atoms with E-state index in [9.17, 15) is 9.18 Å². The van der Waals surface area contributed by atoms with Crippen LogP contribution in [0.3, 0.4) is 0 Å². The van der Waals surface area contributed by atoms with Crippen LogP contribution in [0.2, 0.25) is 0 Å².